The van der Waals surface area contributed by atoms with E-state index in [-0.39, 0.29) is 5.56 Å². The third-order valence-electron chi connectivity index (χ3n) is 3.19. The van der Waals surface area contributed by atoms with Crippen molar-refractivity contribution in [3.63, 3.8) is 0 Å². The van der Waals surface area contributed by atoms with E-state index in [0.29, 0.717) is 16.9 Å². The van der Waals surface area contributed by atoms with Gasteiger partial charge in [-0.15, -0.1) is 0 Å². The van der Waals surface area contributed by atoms with E-state index in [1.165, 1.54) is 0 Å². The normalized spacial score (nSPS) is 11.3. The van der Waals surface area contributed by atoms with Gasteiger partial charge in [0.05, 0.1) is 11.1 Å². The zero-order valence-electron chi connectivity index (χ0n) is 11.2. The van der Waals surface area contributed by atoms with Gasteiger partial charge in [-0.1, -0.05) is 15.9 Å². The highest BCUT2D eigenvalue weighted by Crippen LogP contribution is 2.35. The molecule has 0 saturated carbocycles. The van der Waals surface area contributed by atoms with Gasteiger partial charge in [0.2, 0.25) is 0 Å². The lowest BCUT2D eigenvalue weighted by Gasteiger charge is -2.11. The molecule has 0 bridgehead atoms. The number of nitrogens with zero attached hydrogens (tertiary/aromatic N) is 2. The zero-order chi connectivity index (χ0) is 15.3. The van der Waals surface area contributed by atoms with E-state index in [1.54, 1.807) is 6.92 Å². The Balaban J connectivity index is 2.45. The first kappa shape index (κ1) is 15.0. The number of aromatic nitrogens is 3. The van der Waals surface area contributed by atoms with Crippen LogP contribution in [0.1, 0.15) is 11.4 Å². The number of hydrogen-bond acceptors (Lipinski definition) is 2. The van der Waals surface area contributed by atoms with Crippen molar-refractivity contribution in [2.45, 2.75) is 13.8 Å². The van der Waals surface area contributed by atoms with Crippen LogP contribution in [-0.2, 0) is 0 Å². The molecule has 0 radical (unpaired) electrons. The Labute approximate surface area is 146 Å². The van der Waals surface area contributed by atoms with E-state index in [1.807, 2.05) is 29.8 Å². The first-order valence-corrected chi connectivity index (χ1v) is 8.50. The fraction of sp³-hybridized carbons (Fsp3) is 0.143. The van der Waals surface area contributed by atoms with Crippen molar-refractivity contribution in [3.05, 3.63) is 53.5 Å². The number of fused-ring (bicyclic) bond motifs is 1. The van der Waals surface area contributed by atoms with Gasteiger partial charge in [0, 0.05) is 19.6 Å². The standard InChI is InChI=1S/C14H10Br3N3O/c1-6-5-20(12-9(16)3-8(15)4-10(12)17)13-11(6)14(21)19-7(2)18-13/h3-5H,1-2H3,(H,18,19,21). The minimum atomic E-state index is -0.113. The molecule has 0 unspecified atom stereocenters. The third-order valence-corrected chi connectivity index (χ3v) is 4.85. The van der Waals surface area contributed by atoms with Gasteiger partial charge in [-0.25, -0.2) is 4.98 Å². The second kappa shape index (κ2) is 5.37. The lowest BCUT2D eigenvalue weighted by molar-refractivity contribution is 1.01. The van der Waals surface area contributed by atoms with Crippen molar-refractivity contribution < 1.29 is 0 Å². The van der Waals surface area contributed by atoms with Crippen LogP contribution in [0.5, 0.6) is 0 Å². The molecule has 2 heterocycles. The molecule has 21 heavy (non-hydrogen) atoms. The van der Waals surface area contributed by atoms with E-state index in [4.69, 9.17) is 0 Å². The molecule has 0 atom stereocenters. The molecule has 7 heteroatoms. The van der Waals surface area contributed by atoms with Crippen LogP contribution in [0, 0.1) is 13.8 Å². The number of aryl methyl sites for hydroxylation is 2. The van der Waals surface area contributed by atoms with Gasteiger partial charge in [-0.2, -0.15) is 0 Å². The summed E-state index contributed by atoms with van der Waals surface area (Å²) in [5, 5.41) is 0.613. The molecule has 108 valence electrons. The van der Waals surface area contributed by atoms with E-state index < -0.39 is 0 Å². The van der Waals surface area contributed by atoms with Crippen LogP contribution in [0.15, 0.2) is 36.5 Å². The lowest BCUT2D eigenvalue weighted by atomic mass is 10.3. The quantitative estimate of drug-likeness (QED) is 0.558. The summed E-state index contributed by atoms with van der Waals surface area (Å²) in [5.41, 5.74) is 2.34. The molecule has 0 saturated heterocycles. The van der Waals surface area contributed by atoms with Crippen LogP contribution >= 0.6 is 47.8 Å². The van der Waals surface area contributed by atoms with Gasteiger partial charge in [0.1, 0.15) is 5.82 Å². The largest absolute Gasteiger partial charge is 0.310 e. The molecule has 2 aromatic heterocycles. The molecule has 0 spiro atoms. The topological polar surface area (TPSA) is 50.7 Å². The van der Waals surface area contributed by atoms with Gasteiger partial charge in [0.25, 0.3) is 5.56 Å². The van der Waals surface area contributed by atoms with Crippen LogP contribution in [-0.4, -0.2) is 14.5 Å². The predicted octanol–water partition coefficient (Wildman–Crippen LogP) is 4.62. The van der Waals surface area contributed by atoms with Crippen LogP contribution in [0.2, 0.25) is 0 Å². The molecule has 0 aliphatic heterocycles. The second-order valence-corrected chi connectivity index (χ2v) is 7.37. The van der Waals surface area contributed by atoms with Gasteiger partial charge in [-0.3, -0.25) is 9.36 Å². The Morgan fingerprint density at radius 2 is 1.76 bits per heavy atom. The molecule has 1 N–H and O–H groups in total. The molecular formula is C14H10Br3N3O. The predicted molar refractivity (Wildman–Crippen MR) is 94.3 cm³/mol. The third kappa shape index (κ3) is 2.51. The smallest absolute Gasteiger partial charge is 0.260 e. The van der Waals surface area contributed by atoms with Crippen molar-refractivity contribution in [2.24, 2.45) is 0 Å². The van der Waals surface area contributed by atoms with E-state index in [2.05, 4.69) is 57.8 Å². The van der Waals surface area contributed by atoms with Crippen LogP contribution in [0.3, 0.4) is 0 Å². The summed E-state index contributed by atoms with van der Waals surface area (Å²) in [4.78, 5) is 19.4. The Bertz CT molecular complexity index is 904. The molecule has 0 aliphatic carbocycles. The Morgan fingerprint density at radius 1 is 1.14 bits per heavy atom. The maximum Gasteiger partial charge on any atom is 0.260 e. The van der Waals surface area contributed by atoms with Crippen LogP contribution < -0.4 is 5.56 Å². The molecule has 1 aromatic carbocycles. The maximum atomic E-state index is 12.1. The average Bonchev–Trinajstić information content (AvgIpc) is 2.65. The van der Waals surface area contributed by atoms with Gasteiger partial charge in [-0.05, 0) is 63.4 Å². The van der Waals surface area contributed by atoms with Crippen molar-refractivity contribution in [2.75, 3.05) is 0 Å². The summed E-state index contributed by atoms with van der Waals surface area (Å²) in [6.07, 6.45) is 1.92. The van der Waals surface area contributed by atoms with Crippen LogP contribution in [0.25, 0.3) is 16.7 Å². The summed E-state index contributed by atoms with van der Waals surface area (Å²) in [6.45, 7) is 3.69. The average molecular weight is 476 g/mol. The zero-order valence-corrected chi connectivity index (χ0v) is 15.9. The maximum absolute atomic E-state index is 12.1. The number of nitrogens with one attached hydrogen (secondary N) is 1. The fourth-order valence-electron chi connectivity index (χ4n) is 2.36. The molecule has 0 amide bonds. The Morgan fingerprint density at radius 3 is 2.38 bits per heavy atom. The van der Waals surface area contributed by atoms with Gasteiger partial charge < -0.3 is 4.98 Å². The highest BCUT2D eigenvalue weighted by molar-refractivity contribution is 9.11. The van der Waals surface area contributed by atoms with Crippen molar-refractivity contribution in [1.29, 1.82) is 0 Å². The number of H-pyrrole nitrogens is 1. The van der Waals surface area contributed by atoms with Gasteiger partial charge >= 0.3 is 0 Å². The number of halogens is 3. The highest BCUT2D eigenvalue weighted by atomic mass is 79.9. The molecular weight excluding hydrogens is 466 g/mol. The van der Waals surface area contributed by atoms with Crippen molar-refractivity contribution in [3.8, 4) is 5.69 Å². The van der Waals surface area contributed by atoms with E-state index >= 15 is 0 Å². The number of hydrogen-bond donors (Lipinski definition) is 1. The van der Waals surface area contributed by atoms with Crippen molar-refractivity contribution >= 4 is 58.8 Å². The molecule has 3 aromatic rings. The highest BCUT2D eigenvalue weighted by Gasteiger charge is 2.16. The summed E-state index contributed by atoms with van der Waals surface area (Å²) < 4.78 is 4.69. The van der Waals surface area contributed by atoms with Gasteiger partial charge in [0.15, 0.2) is 5.65 Å². The van der Waals surface area contributed by atoms with Crippen LogP contribution in [0.4, 0.5) is 0 Å². The van der Waals surface area contributed by atoms with E-state index in [0.717, 1.165) is 24.7 Å². The SMILES string of the molecule is Cc1nc2c(c(C)cn2-c2c(Br)cc(Br)cc2Br)c(=O)[nH]1. The summed E-state index contributed by atoms with van der Waals surface area (Å²) >= 11 is 10.6. The second-order valence-electron chi connectivity index (χ2n) is 4.75. The fourth-order valence-corrected chi connectivity index (χ4v) is 5.00. The molecule has 4 nitrogen and oxygen atoms in total. The monoisotopic (exact) mass is 473 g/mol. The Kier molecular flexibility index (Phi) is 3.83. The first-order chi connectivity index (χ1) is 9.88. The number of rotatable bonds is 1. The number of aromatic amines is 1. The summed E-state index contributed by atoms with van der Waals surface area (Å²) in [6, 6.07) is 3.92. The minimum absolute atomic E-state index is 0.113. The van der Waals surface area contributed by atoms with E-state index in [9.17, 15) is 4.79 Å². The minimum Gasteiger partial charge on any atom is -0.310 e. The number of benzene rings is 1. The Hall–Kier alpha value is -0.920. The molecule has 0 fully saturated rings. The first-order valence-electron chi connectivity index (χ1n) is 6.12. The summed E-state index contributed by atoms with van der Waals surface area (Å²) in [7, 11) is 0. The summed E-state index contributed by atoms with van der Waals surface area (Å²) in [5.74, 6) is 0.594. The lowest BCUT2D eigenvalue weighted by Crippen LogP contribution is -2.10. The molecule has 3 rings (SSSR count). The van der Waals surface area contributed by atoms with Crippen molar-refractivity contribution in [1.82, 2.24) is 14.5 Å². The molecule has 0 aliphatic rings.